The molecule has 0 unspecified atom stereocenters. The van der Waals surface area contributed by atoms with Crippen molar-refractivity contribution in [3.05, 3.63) is 95.7 Å². The molecule has 3 rings (SSSR count). The maximum Gasteiger partial charge on any atom is 0.416 e. The highest BCUT2D eigenvalue weighted by atomic mass is 16.6. The quantitative estimate of drug-likeness (QED) is 0.569. The van der Waals surface area contributed by atoms with Crippen LogP contribution in [0.25, 0.3) is 0 Å². The lowest BCUT2D eigenvalue weighted by Crippen LogP contribution is -2.40. The van der Waals surface area contributed by atoms with Gasteiger partial charge in [-0.2, -0.15) is 0 Å². The van der Waals surface area contributed by atoms with Crippen molar-refractivity contribution in [2.45, 2.75) is 39.3 Å². The lowest BCUT2D eigenvalue weighted by molar-refractivity contribution is 0.0568. The molecule has 4 nitrogen and oxygen atoms in total. The van der Waals surface area contributed by atoms with Gasteiger partial charge in [-0.25, -0.2) is 14.7 Å². The molecule has 1 heterocycles. The SMILES string of the molecule is Cc1cccnc1N(C(=O)OC(C)(C)C)C(c1ccccc1)c1ccccc1. The number of carbonyl (C=O) groups is 1. The number of amides is 1. The summed E-state index contributed by atoms with van der Waals surface area (Å²) < 4.78 is 5.78. The molecular weight excluding hydrogens is 348 g/mol. The molecule has 0 spiro atoms. The van der Waals surface area contributed by atoms with Crippen LogP contribution in [0.2, 0.25) is 0 Å². The fraction of sp³-hybridized carbons (Fsp3) is 0.250. The Hall–Kier alpha value is -3.14. The summed E-state index contributed by atoms with van der Waals surface area (Å²) in [6.07, 6.45) is 1.28. The van der Waals surface area contributed by atoms with Crippen LogP contribution in [-0.4, -0.2) is 16.7 Å². The van der Waals surface area contributed by atoms with E-state index in [1.165, 1.54) is 0 Å². The van der Waals surface area contributed by atoms with Crippen molar-refractivity contribution in [3.8, 4) is 0 Å². The number of hydrogen-bond acceptors (Lipinski definition) is 3. The maximum atomic E-state index is 13.4. The third-order valence-corrected chi connectivity index (χ3v) is 4.29. The van der Waals surface area contributed by atoms with Gasteiger partial charge in [-0.1, -0.05) is 66.7 Å². The number of hydrogen-bond donors (Lipinski definition) is 0. The smallest absolute Gasteiger partial charge is 0.416 e. The molecule has 0 atom stereocenters. The molecule has 0 radical (unpaired) electrons. The van der Waals surface area contributed by atoms with Gasteiger partial charge in [0.25, 0.3) is 0 Å². The van der Waals surface area contributed by atoms with Gasteiger partial charge in [-0.3, -0.25) is 0 Å². The van der Waals surface area contributed by atoms with E-state index in [1.54, 1.807) is 11.1 Å². The van der Waals surface area contributed by atoms with Crippen molar-refractivity contribution < 1.29 is 9.53 Å². The predicted molar refractivity (Wildman–Crippen MR) is 112 cm³/mol. The molecule has 2 aromatic carbocycles. The molecule has 1 aromatic heterocycles. The Morgan fingerprint density at radius 1 is 0.893 bits per heavy atom. The third-order valence-electron chi connectivity index (χ3n) is 4.29. The van der Waals surface area contributed by atoms with Crippen LogP contribution in [0, 0.1) is 6.92 Å². The van der Waals surface area contributed by atoms with Crippen LogP contribution in [0.15, 0.2) is 79.0 Å². The number of nitrogens with zero attached hydrogens (tertiary/aromatic N) is 2. The largest absolute Gasteiger partial charge is 0.443 e. The average Bonchev–Trinajstić information content (AvgIpc) is 2.67. The molecule has 0 fully saturated rings. The average molecular weight is 374 g/mol. The number of carbonyl (C=O) groups excluding carboxylic acids is 1. The zero-order valence-electron chi connectivity index (χ0n) is 16.8. The van der Waals surface area contributed by atoms with Gasteiger partial charge in [0.05, 0.1) is 6.04 Å². The van der Waals surface area contributed by atoms with E-state index in [0.717, 1.165) is 16.7 Å². The lowest BCUT2D eigenvalue weighted by atomic mass is 9.97. The Balaban J connectivity index is 2.19. The molecule has 0 bridgehead atoms. The molecule has 28 heavy (non-hydrogen) atoms. The van der Waals surface area contributed by atoms with E-state index in [0.29, 0.717) is 5.82 Å². The summed E-state index contributed by atoms with van der Waals surface area (Å²) in [7, 11) is 0. The number of benzene rings is 2. The highest BCUT2D eigenvalue weighted by Gasteiger charge is 2.33. The highest BCUT2D eigenvalue weighted by Crippen LogP contribution is 2.34. The Bertz CT molecular complexity index is 879. The van der Waals surface area contributed by atoms with Gasteiger partial charge in [-0.05, 0) is 50.5 Å². The second kappa shape index (κ2) is 8.26. The summed E-state index contributed by atoms with van der Waals surface area (Å²) in [5, 5.41) is 0. The van der Waals surface area contributed by atoms with Crippen LogP contribution in [0.3, 0.4) is 0 Å². The Morgan fingerprint density at radius 2 is 1.43 bits per heavy atom. The topological polar surface area (TPSA) is 42.4 Å². The molecule has 4 heteroatoms. The van der Waals surface area contributed by atoms with E-state index in [9.17, 15) is 4.79 Å². The van der Waals surface area contributed by atoms with Gasteiger partial charge in [-0.15, -0.1) is 0 Å². The summed E-state index contributed by atoms with van der Waals surface area (Å²) in [5.74, 6) is 0.592. The second-order valence-electron chi connectivity index (χ2n) is 7.72. The summed E-state index contributed by atoms with van der Waals surface area (Å²) in [6, 6.07) is 23.4. The fourth-order valence-electron chi connectivity index (χ4n) is 3.12. The summed E-state index contributed by atoms with van der Waals surface area (Å²) in [5.41, 5.74) is 2.27. The van der Waals surface area contributed by atoms with E-state index in [1.807, 2.05) is 100 Å². The summed E-state index contributed by atoms with van der Waals surface area (Å²) in [4.78, 5) is 19.5. The van der Waals surface area contributed by atoms with Crippen LogP contribution in [0.1, 0.15) is 43.5 Å². The summed E-state index contributed by atoms with van der Waals surface area (Å²) >= 11 is 0. The number of aromatic nitrogens is 1. The van der Waals surface area contributed by atoms with Crippen LogP contribution in [0.4, 0.5) is 10.6 Å². The first-order valence-corrected chi connectivity index (χ1v) is 9.40. The molecule has 0 aliphatic rings. The number of aryl methyl sites for hydroxylation is 1. The number of anilines is 1. The van der Waals surface area contributed by atoms with E-state index in [4.69, 9.17) is 4.74 Å². The Kier molecular flexibility index (Phi) is 5.78. The van der Waals surface area contributed by atoms with E-state index in [2.05, 4.69) is 4.98 Å². The minimum absolute atomic E-state index is 0.356. The molecule has 3 aromatic rings. The third kappa shape index (κ3) is 4.58. The van der Waals surface area contributed by atoms with Gasteiger partial charge in [0.2, 0.25) is 0 Å². The number of ether oxygens (including phenoxy) is 1. The zero-order chi connectivity index (χ0) is 20.1. The molecule has 0 aliphatic heterocycles. The van der Waals surface area contributed by atoms with E-state index < -0.39 is 11.7 Å². The molecular formula is C24H26N2O2. The maximum absolute atomic E-state index is 13.4. The highest BCUT2D eigenvalue weighted by molar-refractivity contribution is 5.89. The van der Waals surface area contributed by atoms with Crippen molar-refractivity contribution in [1.29, 1.82) is 0 Å². The molecule has 144 valence electrons. The van der Waals surface area contributed by atoms with Crippen molar-refractivity contribution in [2.24, 2.45) is 0 Å². The first kappa shape index (κ1) is 19.6. The van der Waals surface area contributed by atoms with Crippen LogP contribution in [-0.2, 0) is 4.74 Å². The second-order valence-corrected chi connectivity index (χ2v) is 7.72. The molecule has 0 aliphatic carbocycles. The normalized spacial score (nSPS) is 11.3. The summed E-state index contributed by atoms with van der Waals surface area (Å²) in [6.45, 7) is 7.56. The van der Waals surface area contributed by atoms with Gasteiger partial charge in [0.1, 0.15) is 11.4 Å². The van der Waals surface area contributed by atoms with Crippen LogP contribution in [0.5, 0.6) is 0 Å². The minimum Gasteiger partial charge on any atom is -0.443 e. The van der Waals surface area contributed by atoms with Crippen LogP contribution >= 0.6 is 0 Å². The van der Waals surface area contributed by atoms with Crippen molar-refractivity contribution >= 4 is 11.9 Å². The van der Waals surface area contributed by atoms with Crippen molar-refractivity contribution in [1.82, 2.24) is 4.98 Å². The Morgan fingerprint density at radius 3 is 1.89 bits per heavy atom. The molecule has 0 saturated heterocycles. The van der Waals surface area contributed by atoms with Crippen molar-refractivity contribution in [3.63, 3.8) is 0 Å². The molecule has 0 saturated carbocycles. The fourth-order valence-corrected chi connectivity index (χ4v) is 3.12. The monoisotopic (exact) mass is 374 g/mol. The number of pyridine rings is 1. The van der Waals surface area contributed by atoms with E-state index >= 15 is 0 Å². The standard InChI is InChI=1S/C24H26N2O2/c1-18-12-11-17-25-22(18)26(23(27)28-24(2,3)4)21(19-13-7-5-8-14-19)20-15-9-6-10-16-20/h5-17,21H,1-4H3. The number of rotatable bonds is 4. The zero-order valence-corrected chi connectivity index (χ0v) is 16.8. The first-order chi connectivity index (χ1) is 13.4. The predicted octanol–water partition coefficient (Wildman–Crippen LogP) is 5.92. The van der Waals surface area contributed by atoms with Gasteiger partial charge in [0.15, 0.2) is 0 Å². The van der Waals surface area contributed by atoms with Gasteiger partial charge >= 0.3 is 6.09 Å². The lowest BCUT2D eigenvalue weighted by Gasteiger charge is -2.34. The van der Waals surface area contributed by atoms with Gasteiger partial charge in [0, 0.05) is 6.20 Å². The molecule has 0 N–H and O–H groups in total. The van der Waals surface area contributed by atoms with Crippen LogP contribution < -0.4 is 4.90 Å². The Labute approximate surface area is 166 Å². The van der Waals surface area contributed by atoms with Crippen molar-refractivity contribution in [2.75, 3.05) is 4.90 Å². The minimum atomic E-state index is -0.615. The molecule has 1 amide bonds. The van der Waals surface area contributed by atoms with Gasteiger partial charge < -0.3 is 4.74 Å². The first-order valence-electron chi connectivity index (χ1n) is 9.40. The van der Waals surface area contributed by atoms with E-state index in [-0.39, 0.29) is 6.04 Å².